The standard InChI is InChI=1S/C7H12O2/c1-3-4-6(8)7-5(2)9-7/h3-8H,1-2H3/b4-3+/t5-,6-,7+/m0/s1. The van der Waals surface area contributed by atoms with E-state index < -0.39 is 6.10 Å². The third kappa shape index (κ3) is 1.53. The number of allylic oxidation sites excluding steroid dienone is 1. The summed E-state index contributed by atoms with van der Waals surface area (Å²) in [5, 5.41) is 9.15. The van der Waals surface area contributed by atoms with Crippen molar-refractivity contribution in [2.24, 2.45) is 0 Å². The van der Waals surface area contributed by atoms with Crippen molar-refractivity contribution >= 4 is 0 Å². The highest BCUT2D eigenvalue weighted by Gasteiger charge is 2.39. The Morgan fingerprint density at radius 1 is 1.67 bits per heavy atom. The van der Waals surface area contributed by atoms with Gasteiger partial charge < -0.3 is 9.84 Å². The van der Waals surface area contributed by atoms with Crippen molar-refractivity contribution in [3.63, 3.8) is 0 Å². The Morgan fingerprint density at radius 3 is 2.56 bits per heavy atom. The third-order valence-corrected chi connectivity index (χ3v) is 1.48. The van der Waals surface area contributed by atoms with E-state index in [0.717, 1.165) is 0 Å². The maximum Gasteiger partial charge on any atom is 0.113 e. The van der Waals surface area contributed by atoms with Crippen LogP contribution in [0.15, 0.2) is 12.2 Å². The molecular formula is C7H12O2. The van der Waals surface area contributed by atoms with Gasteiger partial charge in [-0.25, -0.2) is 0 Å². The molecule has 1 fully saturated rings. The third-order valence-electron chi connectivity index (χ3n) is 1.48. The first-order valence-corrected chi connectivity index (χ1v) is 3.22. The second-order valence-corrected chi connectivity index (χ2v) is 2.32. The fraction of sp³-hybridized carbons (Fsp3) is 0.714. The first-order valence-electron chi connectivity index (χ1n) is 3.22. The van der Waals surface area contributed by atoms with Gasteiger partial charge in [0.05, 0.1) is 6.10 Å². The predicted octanol–water partition coefficient (Wildman–Crippen LogP) is 0.711. The van der Waals surface area contributed by atoms with Crippen molar-refractivity contribution in [1.82, 2.24) is 0 Å². The lowest BCUT2D eigenvalue weighted by atomic mass is 10.2. The molecule has 2 nitrogen and oxygen atoms in total. The van der Waals surface area contributed by atoms with Crippen LogP contribution in [0.1, 0.15) is 13.8 Å². The van der Waals surface area contributed by atoms with E-state index in [-0.39, 0.29) is 12.2 Å². The summed E-state index contributed by atoms with van der Waals surface area (Å²) in [6, 6.07) is 0. The van der Waals surface area contributed by atoms with Crippen molar-refractivity contribution in [2.45, 2.75) is 32.2 Å². The van der Waals surface area contributed by atoms with E-state index in [2.05, 4.69) is 0 Å². The highest BCUT2D eigenvalue weighted by Crippen LogP contribution is 2.24. The molecule has 0 bridgehead atoms. The number of aliphatic hydroxyl groups excluding tert-OH is 1. The maximum absolute atomic E-state index is 9.15. The molecule has 1 aliphatic heterocycles. The van der Waals surface area contributed by atoms with E-state index >= 15 is 0 Å². The minimum Gasteiger partial charge on any atom is -0.386 e. The van der Waals surface area contributed by atoms with Crippen molar-refractivity contribution in [3.8, 4) is 0 Å². The second kappa shape index (κ2) is 2.50. The molecule has 0 aromatic heterocycles. The average molecular weight is 128 g/mol. The molecule has 0 radical (unpaired) electrons. The molecule has 0 spiro atoms. The second-order valence-electron chi connectivity index (χ2n) is 2.32. The highest BCUT2D eigenvalue weighted by atomic mass is 16.6. The molecule has 2 heteroatoms. The topological polar surface area (TPSA) is 32.8 Å². The molecule has 52 valence electrons. The van der Waals surface area contributed by atoms with Gasteiger partial charge in [0, 0.05) is 0 Å². The van der Waals surface area contributed by atoms with Crippen LogP contribution in [-0.2, 0) is 4.74 Å². The molecule has 0 aliphatic carbocycles. The fourth-order valence-electron chi connectivity index (χ4n) is 0.867. The van der Waals surface area contributed by atoms with E-state index in [0.29, 0.717) is 0 Å². The molecule has 1 rings (SSSR count). The zero-order valence-electron chi connectivity index (χ0n) is 5.74. The monoisotopic (exact) mass is 128 g/mol. The summed E-state index contributed by atoms with van der Waals surface area (Å²) >= 11 is 0. The van der Waals surface area contributed by atoms with E-state index in [4.69, 9.17) is 9.84 Å². The van der Waals surface area contributed by atoms with Crippen molar-refractivity contribution < 1.29 is 9.84 Å². The zero-order chi connectivity index (χ0) is 6.85. The summed E-state index contributed by atoms with van der Waals surface area (Å²) in [5.74, 6) is 0. The number of epoxide rings is 1. The lowest BCUT2D eigenvalue weighted by Crippen LogP contribution is -2.12. The Hall–Kier alpha value is -0.340. The van der Waals surface area contributed by atoms with Crippen LogP contribution in [0.3, 0.4) is 0 Å². The summed E-state index contributed by atoms with van der Waals surface area (Å²) in [7, 11) is 0. The van der Waals surface area contributed by atoms with Crippen LogP contribution in [-0.4, -0.2) is 23.4 Å². The van der Waals surface area contributed by atoms with Crippen LogP contribution in [0, 0.1) is 0 Å². The van der Waals surface area contributed by atoms with E-state index in [9.17, 15) is 0 Å². The maximum atomic E-state index is 9.15. The summed E-state index contributed by atoms with van der Waals surface area (Å²) in [6.07, 6.45) is 3.48. The number of aliphatic hydroxyl groups is 1. The minimum absolute atomic E-state index is 0.0567. The quantitative estimate of drug-likeness (QED) is 0.439. The fourth-order valence-corrected chi connectivity index (χ4v) is 0.867. The number of hydrogen-bond donors (Lipinski definition) is 1. The summed E-state index contributed by atoms with van der Waals surface area (Å²) < 4.78 is 5.03. The number of hydrogen-bond acceptors (Lipinski definition) is 2. The highest BCUT2D eigenvalue weighted by molar-refractivity contribution is 4.98. The number of ether oxygens (including phenoxy) is 1. The molecular weight excluding hydrogens is 116 g/mol. The van der Waals surface area contributed by atoms with Crippen LogP contribution in [0.5, 0.6) is 0 Å². The van der Waals surface area contributed by atoms with Crippen LogP contribution in [0.4, 0.5) is 0 Å². The normalized spacial score (nSPS) is 37.2. The first kappa shape index (κ1) is 6.78. The molecule has 3 atom stereocenters. The Labute approximate surface area is 55.1 Å². The largest absolute Gasteiger partial charge is 0.386 e. The Kier molecular flexibility index (Phi) is 1.88. The van der Waals surface area contributed by atoms with Crippen LogP contribution in [0.2, 0.25) is 0 Å². The summed E-state index contributed by atoms with van der Waals surface area (Å²) in [4.78, 5) is 0. The van der Waals surface area contributed by atoms with Crippen LogP contribution >= 0.6 is 0 Å². The van der Waals surface area contributed by atoms with E-state index in [1.165, 1.54) is 0 Å². The van der Waals surface area contributed by atoms with Gasteiger partial charge in [0.15, 0.2) is 0 Å². The lowest BCUT2D eigenvalue weighted by molar-refractivity contribution is 0.177. The lowest BCUT2D eigenvalue weighted by Gasteiger charge is -1.96. The van der Waals surface area contributed by atoms with Gasteiger partial charge in [0.25, 0.3) is 0 Å². The Balaban J connectivity index is 2.27. The number of rotatable bonds is 2. The molecule has 0 saturated carbocycles. The molecule has 0 aromatic carbocycles. The molecule has 1 aliphatic rings. The molecule has 1 saturated heterocycles. The SMILES string of the molecule is C/C=C/[C@H](O)[C@@H]1O[C@H]1C. The average Bonchev–Trinajstić information content (AvgIpc) is 2.47. The van der Waals surface area contributed by atoms with Gasteiger partial charge in [-0.05, 0) is 13.8 Å². The van der Waals surface area contributed by atoms with E-state index in [1.807, 2.05) is 19.9 Å². The van der Waals surface area contributed by atoms with Crippen molar-refractivity contribution in [2.75, 3.05) is 0 Å². The van der Waals surface area contributed by atoms with Gasteiger partial charge in [0.2, 0.25) is 0 Å². The Morgan fingerprint density at radius 2 is 2.22 bits per heavy atom. The van der Waals surface area contributed by atoms with Gasteiger partial charge in [-0.15, -0.1) is 0 Å². The molecule has 0 unspecified atom stereocenters. The van der Waals surface area contributed by atoms with Crippen LogP contribution in [0.25, 0.3) is 0 Å². The molecule has 1 N–H and O–H groups in total. The van der Waals surface area contributed by atoms with Crippen LogP contribution < -0.4 is 0 Å². The molecule has 1 heterocycles. The van der Waals surface area contributed by atoms with Gasteiger partial charge in [-0.1, -0.05) is 12.2 Å². The molecule has 9 heavy (non-hydrogen) atoms. The van der Waals surface area contributed by atoms with Gasteiger partial charge >= 0.3 is 0 Å². The van der Waals surface area contributed by atoms with Crippen molar-refractivity contribution in [1.29, 1.82) is 0 Å². The van der Waals surface area contributed by atoms with Crippen molar-refractivity contribution in [3.05, 3.63) is 12.2 Å². The summed E-state index contributed by atoms with van der Waals surface area (Å²) in [6.45, 7) is 3.84. The predicted molar refractivity (Wildman–Crippen MR) is 35.2 cm³/mol. The molecule has 0 amide bonds. The van der Waals surface area contributed by atoms with E-state index in [1.54, 1.807) is 6.08 Å². The minimum atomic E-state index is -0.398. The first-order chi connectivity index (χ1) is 4.25. The Bertz CT molecular complexity index is 120. The van der Waals surface area contributed by atoms with Gasteiger partial charge in [-0.3, -0.25) is 0 Å². The zero-order valence-corrected chi connectivity index (χ0v) is 5.74. The van der Waals surface area contributed by atoms with Gasteiger partial charge in [-0.2, -0.15) is 0 Å². The smallest absolute Gasteiger partial charge is 0.113 e. The molecule has 0 aromatic rings. The summed E-state index contributed by atoms with van der Waals surface area (Å²) in [5.41, 5.74) is 0. The van der Waals surface area contributed by atoms with Gasteiger partial charge in [0.1, 0.15) is 12.2 Å².